The van der Waals surface area contributed by atoms with E-state index in [1.165, 1.54) is 0 Å². The number of fused-ring (bicyclic) bond motifs is 1. The van der Waals surface area contributed by atoms with Gasteiger partial charge in [0.05, 0.1) is 30.9 Å². The fourth-order valence-electron chi connectivity index (χ4n) is 2.76. The summed E-state index contributed by atoms with van der Waals surface area (Å²) in [5.41, 5.74) is 7.47. The SMILES string of the molecule is NC(=O)C1C=NC(C2CNCCOC2)=C2C=CNC21. The molecule has 1 amide bonds. The number of carbonyl (C=O) groups excluding carboxylic acids is 1. The first-order chi connectivity index (χ1) is 9.27. The summed E-state index contributed by atoms with van der Waals surface area (Å²) in [4.78, 5) is 15.9. The largest absolute Gasteiger partial charge is 0.383 e. The lowest BCUT2D eigenvalue weighted by atomic mass is 9.87. The van der Waals surface area contributed by atoms with Gasteiger partial charge in [-0.05, 0) is 17.8 Å². The molecule has 1 saturated heterocycles. The average Bonchev–Trinajstić information content (AvgIpc) is 2.73. The number of rotatable bonds is 2. The van der Waals surface area contributed by atoms with Crippen molar-refractivity contribution in [3.63, 3.8) is 0 Å². The molecule has 0 spiro atoms. The highest BCUT2D eigenvalue weighted by Crippen LogP contribution is 2.30. The number of nitrogens with two attached hydrogens (primary N) is 1. The van der Waals surface area contributed by atoms with Crippen LogP contribution in [0.5, 0.6) is 0 Å². The number of nitrogens with one attached hydrogen (secondary N) is 2. The molecule has 3 unspecified atom stereocenters. The molecule has 19 heavy (non-hydrogen) atoms. The third-order valence-electron chi connectivity index (χ3n) is 3.75. The number of nitrogens with zero attached hydrogens (tertiary/aromatic N) is 1. The third-order valence-corrected chi connectivity index (χ3v) is 3.75. The fourth-order valence-corrected chi connectivity index (χ4v) is 2.76. The van der Waals surface area contributed by atoms with Crippen LogP contribution in [0, 0.1) is 11.8 Å². The van der Waals surface area contributed by atoms with Crippen LogP contribution in [-0.2, 0) is 9.53 Å². The van der Waals surface area contributed by atoms with Crippen molar-refractivity contribution in [2.45, 2.75) is 6.04 Å². The molecule has 0 radical (unpaired) electrons. The van der Waals surface area contributed by atoms with Gasteiger partial charge in [-0.2, -0.15) is 0 Å². The van der Waals surface area contributed by atoms with E-state index in [1.807, 2.05) is 12.3 Å². The van der Waals surface area contributed by atoms with E-state index in [4.69, 9.17) is 10.5 Å². The second-order valence-electron chi connectivity index (χ2n) is 5.00. The lowest BCUT2D eigenvalue weighted by Gasteiger charge is -2.27. The Hall–Kier alpha value is -1.66. The van der Waals surface area contributed by atoms with Crippen LogP contribution in [0.25, 0.3) is 0 Å². The first kappa shape index (κ1) is 12.4. The molecule has 102 valence electrons. The predicted molar refractivity (Wildman–Crippen MR) is 71.4 cm³/mol. The maximum Gasteiger partial charge on any atom is 0.228 e. The van der Waals surface area contributed by atoms with Crippen molar-refractivity contribution >= 4 is 12.1 Å². The molecular weight excluding hydrogens is 244 g/mol. The molecule has 0 aliphatic carbocycles. The Labute approximate surface area is 111 Å². The average molecular weight is 262 g/mol. The summed E-state index contributed by atoms with van der Waals surface area (Å²) in [6.07, 6.45) is 5.50. The van der Waals surface area contributed by atoms with Crippen LogP contribution in [0.15, 0.2) is 28.5 Å². The zero-order valence-corrected chi connectivity index (χ0v) is 10.6. The molecule has 6 heteroatoms. The smallest absolute Gasteiger partial charge is 0.228 e. The Balaban J connectivity index is 1.88. The molecule has 0 saturated carbocycles. The van der Waals surface area contributed by atoms with Crippen molar-refractivity contribution in [3.05, 3.63) is 23.5 Å². The molecule has 1 fully saturated rings. The van der Waals surface area contributed by atoms with Gasteiger partial charge in [0.1, 0.15) is 0 Å². The summed E-state index contributed by atoms with van der Waals surface area (Å²) < 4.78 is 5.58. The number of amides is 1. The van der Waals surface area contributed by atoms with E-state index in [0.29, 0.717) is 6.61 Å². The van der Waals surface area contributed by atoms with Crippen LogP contribution in [0.1, 0.15) is 0 Å². The Morgan fingerprint density at radius 3 is 3.26 bits per heavy atom. The highest BCUT2D eigenvalue weighted by molar-refractivity contribution is 5.95. The summed E-state index contributed by atoms with van der Waals surface area (Å²) in [5, 5.41) is 6.52. The van der Waals surface area contributed by atoms with Crippen molar-refractivity contribution in [1.29, 1.82) is 0 Å². The van der Waals surface area contributed by atoms with Gasteiger partial charge < -0.3 is 21.1 Å². The van der Waals surface area contributed by atoms with Gasteiger partial charge in [0, 0.05) is 25.2 Å². The molecule has 3 aliphatic rings. The maximum absolute atomic E-state index is 11.4. The van der Waals surface area contributed by atoms with Crippen molar-refractivity contribution in [2.75, 3.05) is 26.3 Å². The first-order valence-corrected chi connectivity index (χ1v) is 6.56. The Bertz CT molecular complexity index is 461. The van der Waals surface area contributed by atoms with Crippen molar-refractivity contribution in [2.24, 2.45) is 22.6 Å². The van der Waals surface area contributed by atoms with Gasteiger partial charge in [-0.15, -0.1) is 0 Å². The zero-order valence-electron chi connectivity index (χ0n) is 10.6. The highest BCUT2D eigenvalue weighted by Gasteiger charge is 2.35. The number of aliphatic imine (C=N–C) groups is 1. The van der Waals surface area contributed by atoms with Crippen LogP contribution in [0.4, 0.5) is 0 Å². The lowest BCUT2D eigenvalue weighted by molar-refractivity contribution is -0.120. The molecule has 0 bridgehead atoms. The minimum atomic E-state index is -0.381. The summed E-state index contributed by atoms with van der Waals surface area (Å²) in [5.74, 6) is -0.514. The molecule has 4 N–H and O–H groups in total. The molecule has 0 aromatic heterocycles. The van der Waals surface area contributed by atoms with Crippen LogP contribution >= 0.6 is 0 Å². The quantitative estimate of drug-likeness (QED) is 0.604. The van der Waals surface area contributed by atoms with Crippen LogP contribution in [-0.4, -0.2) is 44.5 Å². The third kappa shape index (κ3) is 2.29. The summed E-state index contributed by atoms with van der Waals surface area (Å²) >= 11 is 0. The number of ether oxygens (including phenoxy) is 1. The monoisotopic (exact) mass is 262 g/mol. The van der Waals surface area contributed by atoms with E-state index in [1.54, 1.807) is 6.21 Å². The fraction of sp³-hybridized carbons (Fsp3) is 0.538. The molecule has 3 heterocycles. The van der Waals surface area contributed by atoms with Crippen molar-refractivity contribution in [3.8, 4) is 0 Å². The number of hydrogen-bond donors (Lipinski definition) is 3. The molecule has 3 atom stereocenters. The maximum atomic E-state index is 11.4. The lowest BCUT2D eigenvalue weighted by Crippen LogP contribution is -2.43. The molecule has 0 aromatic rings. The molecule has 3 rings (SSSR count). The van der Waals surface area contributed by atoms with Gasteiger partial charge in [0.15, 0.2) is 0 Å². The molecular formula is C13H18N4O2. The summed E-state index contributed by atoms with van der Waals surface area (Å²) in [7, 11) is 0. The van der Waals surface area contributed by atoms with Crippen LogP contribution in [0.3, 0.4) is 0 Å². The van der Waals surface area contributed by atoms with E-state index < -0.39 is 0 Å². The van der Waals surface area contributed by atoms with E-state index in [0.717, 1.165) is 31.0 Å². The van der Waals surface area contributed by atoms with E-state index in [2.05, 4.69) is 15.6 Å². The van der Waals surface area contributed by atoms with E-state index in [-0.39, 0.29) is 23.8 Å². The highest BCUT2D eigenvalue weighted by atomic mass is 16.5. The minimum Gasteiger partial charge on any atom is -0.383 e. The first-order valence-electron chi connectivity index (χ1n) is 6.56. The summed E-state index contributed by atoms with van der Waals surface area (Å²) in [6.45, 7) is 3.09. The van der Waals surface area contributed by atoms with Crippen LogP contribution in [0.2, 0.25) is 0 Å². The Kier molecular flexibility index (Phi) is 3.35. The Morgan fingerprint density at radius 1 is 1.53 bits per heavy atom. The van der Waals surface area contributed by atoms with E-state index >= 15 is 0 Å². The molecule has 0 aromatic carbocycles. The molecule has 3 aliphatic heterocycles. The van der Waals surface area contributed by atoms with Gasteiger partial charge in [0.2, 0.25) is 5.91 Å². The Morgan fingerprint density at radius 2 is 2.42 bits per heavy atom. The number of primary amides is 1. The number of carbonyl (C=O) groups is 1. The number of hydrogen-bond acceptors (Lipinski definition) is 5. The summed E-state index contributed by atoms with van der Waals surface area (Å²) in [6, 6.07) is -0.0757. The van der Waals surface area contributed by atoms with Gasteiger partial charge >= 0.3 is 0 Å². The van der Waals surface area contributed by atoms with Crippen molar-refractivity contribution < 1.29 is 9.53 Å². The minimum absolute atomic E-state index is 0.0757. The van der Waals surface area contributed by atoms with Gasteiger partial charge in [-0.25, -0.2) is 0 Å². The van der Waals surface area contributed by atoms with Gasteiger partial charge in [-0.3, -0.25) is 9.79 Å². The van der Waals surface area contributed by atoms with Crippen LogP contribution < -0.4 is 16.4 Å². The zero-order chi connectivity index (χ0) is 13.2. The standard InChI is InChI=1S/C13H18N4O2/c14-13(18)10-6-17-11(9-1-2-16-12(9)10)8-5-15-3-4-19-7-8/h1-2,6,8,10,12,15-16H,3-5,7H2,(H2,14,18). The van der Waals surface area contributed by atoms with E-state index in [9.17, 15) is 4.79 Å². The van der Waals surface area contributed by atoms with Crippen molar-refractivity contribution in [1.82, 2.24) is 10.6 Å². The van der Waals surface area contributed by atoms with Gasteiger partial charge in [0.25, 0.3) is 0 Å². The molecule has 6 nitrogen and oxygen atoms in total. The predicted octanol–water partition coefficient (Wildman–Crippen LogP) is -0.852. The van der Waals surface area contributed by atoms with Gasteiger partial charge in [-0.1, -0.05) is 0 Å². The topological polar surface area (TPSA) is 88.7 Å². The normalized spacial score (nSPS) is 33.8. The second-order valence-corrected chi connectivity index (χ2v) is 5.00. The second kappa shape index (κ2) is 5.14.